The maximum atomic E-state index is 12.3. The van der Waals surface area contributed by atoms with Gasteiger partial charge >= 0.3 is 0 Å². The first-order chi connectivity index (χ1) is 8.87. The number of sulfone groups is 1. The Bertz CT molecular complexity index is 503. The molecule has 0 saturated carbocycles. The van der Waals surface area contributed by atoms with Crippen molar-refractivity contribution < 1.29 is 18.0 Å². The van der Waals surface area contributed by atoms with Crippen molar-refractivity contribution in [3.8, 4) is 0 Å². The largest absolute Gasteiger partial charge is 0.342 e. The molecule has 0 atom stereocenters. The maximum Gasteiger partial charge on any atom is 0.247 e. The normalized spacial score (nSPS) is 20.6. The van der Waals surface area contributed by atoms with Gasteiger partial charge < -0.3 is 10.2 Å². The van der Waals surface area contributed by atoms with E-state index in [0.29, 0.717) is 0 Å². The third-order valence-electron chi connectivity index (χ3n) is 3.45. The average molecular weight is 304 g/mol. The van der Waals surface area contributed by atoms with Gasteiger partial charge in [0, 0.05) is 19.5 Å². The summed E-state index contributed by atoms with van der Waals surface area (Å²) in [5, 5.41) is 2.65. The summed E-state index contributed by atoms with van der Waals surface area (Å²) in [6, 6.07) is 0. The van der Waals surface area contributed by atoms with E-state index in [2.05, 4.69) is 5.32 Å². The molecule has 2 amide bonds. The minimum absolute atomic E-state index is 0.0908. The van der Waals surface area contributed by atoms with Crippen molar-refractivity contribution in [2.45, 2.75) is 51.3 Å². The number of carbonyl (C=O) groups is 2. The Morgan fingerprint density at radius 1 is 1.25 bits per heavy atom. The van der Waals surface area contributed by atoms with Crippen LogP contribution >= 0.6 is 0 Å². The number of hydrogen-bond acceptors (Lipinski definition) is 4. The van der Waals surface area contributed by atoms with Crippen LogP contribution in [-0.4, -0.2) is 54.3 Å². The van der Waals surface area contributed by atoms with E-state index in [9.17, 15) is 18.0 Å². The van der Waals surface area contributed by atoms with Crippen LogP contribution < -0.4 is 5.32 Å². The van der Waals surface area contributed by atoms with E-state index in [1.54, 1.807) is 34.6 Å². The van der Waals surface area contributed by atoms with Crippen LogP contribution in [0.4, 0.5) is 0 Å². The summed E-state index contributed by atoms with van der Waals surface area (Å²) in [4.78, 5) is 25.3. The highest BCUT2D eigenvalue weighted by atomic mass is 32.2. The van der Waals surface area contributed by atoms with E-state index in [1.165, 1.54) is 4.90 Å². The predicted octanol–water partition coefficient (Wildman–Crippen LogP) is 0.327. The minimum atomic E-state index is -3.28. The molecule has 1 aliphatic heterocycles. The summed E-state index contributed by atoms with van der Waals surface area (Å²) >= 11 is 0. The van der Waals surface area contributed by atoms with Crippen molar-refractivity contribution in [1.29, 1.82) is 0 Å². The van der Waals surface area contributed by atoms with Crippen LogP contribution in [0.5, 0.6) is 0 Å². The molecule has 1 heterocycles. The van der Waals surface area contributed by atoms with Gasteiger partial charge in [0.2, 0.25) is 11.8 Å². The van der Waals surface area contributed by atoms with Crippen LogP contribution in [0.1, 0.15) is 41.0 Å². The van der Waals surface area contributed by atoms with Crippen molar-refractivity contribution in [2.75, 3.05) is 18.8 Å². The zero-order chi connectivity index (χ0) is 15.8. The van der Waals surface area contributed by atoms with Gasteiger partial charge in [0.05, 0.1) is 10.5 Å². The SMILES string of the molecule is CC1(C)NC(=O)CCN(CCS(=O)(=O)C(C)(C)C)C1=O. The van der Waals surface area contributed by atoms with Gasteiger partial charge in [-0.3, -0.25) is 9.59 Å². The molecule has 7 heteroatoms. The number of amides is 2. The second kappa shape index (κ2) is 5.35. The highest BCUT2D eigenvalue weighted by molar-refractivity contribution is 7.92. The number of rotatable bonds is 3. The zero-order valence-electron chi connectivity index (χ0n) is 12.8. The molecule has 0 radical (unpaired) electrons. The summed E-state index contributed by atoms with van der Waals surface area (Å²) in [6.07, 6.45) is 0.199. The standard InChI is InChI=1S/C13H24N2O4S/c1-12(2,3)20(18,19)9-8-15-7-6-10(16)14-13(4,5)11(15)17/h6-9H2,1-5H3,(H,14,16). The van der Waals surface area contributed by atoms with E-state index in [0.717, 1.165) is 0 Å². The van der Waals surface area contributed by atoms with Gasteiger partial charge in [-0.05, 0) is 34.6 Å². The summed E-state index contributed by atoms with van der Waals surface area (Å²) in [5.74, 6) is -0.524. The predicted molar refractivity (Wildman–Crippen MR) is 77.0 cm³/mol. The molecule has 0 spiro atoms. The molecule has 1 aliphatic rings. The van der Waals surface area contributed by atoms with E-state index in [4.69, 9.17) is 0 Å². The molecule has 116 valence electrons. The van der Waals surface area contributed by atoms with Gasteiger partial charge in [0.1, 0.15) is 5.54 Å². The lowest BCUT2D eigenvalue weighted by molar-refractivity contribution is -0.137. The number of hydrogen-bond donors (Lipinski definition) is 1. The van der Waals surface area contributed by atoms with Crippen molar-refractivity contribution in [2.24, 2.45) is 0 Å². The Balaban J connectivity index is 2.82. The lowest BCUT2D eigenvalue weighted by Gasteiger charge is -2.29. The first kappa shape index (κ1) is 16.9. The van der Waals surface area contributed by atoms with Gasteiger partial charge in [-0.25, -0.2) is 8.42 Å². The van der Waals surface area contributed by atoms with Crippen LogP contribution in [0.15, 0.2) is 0 Å². The molecule has 0 aromatic heterocycles. The van der Waals surface area contributed by atoms with Crippen molar-refractivity contribution in [3.63, 3.8) is 0 Å². The molecule has 1 saturated heterocycles. The Kier molecular flexibility index (Phi) is 4.53. The van der Waals surface area contributed by atoms with E-state index in [-0.39, 0.29) is 37.1 Å². The van der Waals surface area contributed by atoms with E-state index in [1.807, 2.05) is 0 Å². The topological polar surface area (TPSA) is 83.6 Å². The van der Waals surface area contributed by atoms with Crippen LogP contribution in [-0.2, 0) is 19.4 Å². The Morgan fingerprint density at radius 3 is 2.30 bits per heavy atom. The van der Waals surface area contributed by atoms with Gasteiger partial charge in [-0.1, -0.05) is 0 Å². The third-order valence-corrected chi connectivity index (χ3v) is 6.03. The molecule has 0 aromatic rings. The van der Waals surface area contributed by atoms with Crippen molar-refractivity contribution >= 4 is 21.7 Å². The van der Waals surface area contributed by atoms with Crippen molar-refractivity contribution in [3.05, 3.63) is 0 Å². The van der Waals surface area contributed by atoms with Gasteiger partial charge in [-0.15, -0.1) is 0 Å². The smallest absolute Gasteiger partial charge is 0.247 e. The summed E-state index contributed by atoms with van der Waals surface area (Å²) < 4.78 is 23.3. The van der Waals surface area contributed by atoms with Crippen LogP contribution in [0.3, 0.4) is 0 Å². The molecular formula is C13H24N2O4S. The Hall–Kier alpha value is -1.11. The molecule has 0 aliphatic carbocycles. The number of carbonyl (C=O) groups excluding carboxylic acids is 2. The molecule has 1 fully saturated rings. The van der Waals surface area contributed by atoms with Gasteiger partial charge in [-0.2, -0.15) is 0 Å². The maximum absolute atomic E-state index is 12.3. The zero-order valence-corrected chi connectivity index (χ0v) is 13.6. The Labute approximate surface area is 120 Å². The molecule has 1 rings (SSSR count). The number of nitrogens with zero attached hydrogens (tertiary/aromatic N) is 1. The summed E-state index contributed by atoms with van der Waals surface area (Å²) in [7, 11) is -3.28. The molecule has 6 nitrogen and oxygen atoms in total. The minimum Gasteiger partial charge on any atom is -0.342 e. The summed E-state index contributed by atoms with van der Waals surface area (Å²) in [5.41, 5.74) is -0.987. The molecule has 20 heavy (non-hydrogen) atoms. The molecule has 1 N–H and O–H groups in total. The van der Waals surface area contributed by atoms with E-state index < -0.39 is 20.1 Å². The quantitative estimate of drug-likeness (QED) is 0.814. The molecular weight excluding hydrogens is 280 g/mol. The monoisotopic (exact) mass is 304 g/mol. The van der Waals surface area contributed by atoms with Crippen LogP contribution in [0, 0.1) is 0 Å². The van der Waals surface area contributed by atoms with Crippen molar-refractivity contribution in [1.82, 2.24) is 10.2 Å². The lowest BCUT2D eigenvalue weighted by atomic mass is 10.0. The van der Waals surface area contributed by atoms with Crippen LogP contribution in [0.2, 0.25) is 0 Å². The number of nitrogens with one attached hydrogen (secondary N) is 1. The first-order valence-electron chi connectivity index (χ1n) is 6.69. The lowest BCUT2D eigenvalue weighted by Crippen LogP contribution is -2.53. The van der Waals surface area contributed by atoms with Gasteiger partial charge in [0.15, 0.2) is 9.84 Å². The fraction of sp³-hybridized carbons (Fsp3) is 0.846. The van der Waals surface area contributed by atoms with E-state index >= 15 is 0 Å². The Morgan fingerprint density at radius 2 is 1.80 bits per heavy atom. The molecule has 0 unspecified atom stereocenters. The second-order valence-corrected chi connectivity index (χ2v) is 9.51. The highest BCUT2D eigenvalue weighted by Gasteiger charge is 2.37. The molecule has 0 aromatic carbocycles. The first-order valence-corrected chi connectivity index (χ1v) is 8.35. The third kappa shape index (κ3) is 3.71. The fourth-order valence-electron chi connectivity index (χ4n) is 1.95. The summed E-state index contributed by atoms with van der Waals surface area (Å²) in [6.45, 7) is 8.56. The fourth-order valence-corrected chi connectivity index (χ4v) is 3.02. The average Bonchev–Trinajstić information content (AvgIpc) is 2.34. The second-order valence-electron chi connectivity index (χ2n) is 6.65. The highest BCUT2D eigenvalue weighted by Crippen LogP contribution is 2.18. The van der Waals surface area contributed by atoms with Crippen LogP contribution in [0.25, 0.3) is 0 Å². The molecule has 0 bridgehead atoms. The van der Waals surface area contributed by atoms with Gasteiger partial charge in [0.25, 0.3) is 0 Å².